The molecular formula is C17H14ClNO2. The summed E-state index contributed by atoms with van der Waals surface area (Å²) < 4.78 is 0. The molecule has 106 valence electrons. The molecule has 1 saturated heterocycles. The highest BCUT2D eigenvalue weighted by molar-refractivity contribution is 6.34. The smallest absolute Gasteiger partial charge is 0.231 e. The zero-order valence-corrected chi connectivity index (χ0v) is 12.0. The second-order valence-electron chi connectivity index (χ2n) is 5.10. The molecule has 0 saturated carbocycles. The van der Waals surface area contributed by atoms with E-state index in [1.165, 1.54) is 0 Å². The molecule has 0 aromatic heterocycles. The molecule has 4 heteroatoms. The van der Waals surface area contributed by atoms with Gasteiger partial charge in [0.15, 0.2) is 5.78 Å². The number of rotatable bonds is 3. The number of ketones is 1. The number of halogens is 1. The molecule has 2 atom stereocenters. The van der Waals surface area contributed by atoms with Gasteiger partial charge in [-0.1, -0.05) is 54.1 Å². The molecule has 2 aromatic rings. The Kier molecular flexibility index (Phi) is 3.76. The molecule has 2 unspecified atom stereocenters. The summed E-state index contributed by atoms with van der Waals surface area (Å²) >= 11 is 6.05. The van der Waals surface area contributed by atoms with Crippen LogP contribution < -0.4 is 5.32 Å². The summed E-state index contributed by atoms with van der Waals surface area (Å²) in [6.07, 6.45) is 0.465. The van der Waals surface area contributed by atoms with Crippen molar-refractivity contribution in [2.75, 3.05) is 0 Å². The highest BCUT2D eigenvalue weighted by Gasteiger charge is 2.38. The van der Waals surface area contributed by atoms with Crippen molar-refractivity contribution in [3.63, 3.8) is 0 Å². The minimum absolute atomic E-state index is 0.116. The average molecular weight is 300 g/mol. The lowest BCUT2D eigenvalue weighted by molar-refractivity contribution is -0.121. The molecule has 21 heavy (non-hydrogen) atoms. The molecule has 1 aliphatic rings. The standard InChI is InChI=1S/C17H14ClNO2/c18-14-9-5-4-8-12(14)16(20)13-10-15(19-17(13)21)11-6-2-1-3-7-11/h1-9,13,15H,10H2,(H,19,21). The van der Waals surface area contributed by atoms with Gasteiger partial charge in [-0.25, -0.2) is 0 Å². The Morgan fingerprint density at radius 1 is 1.05 bits per heavy atom. The molecule has 0 radical (unpaired) electrons. The Morgan fingerprint density at radius 3 is 2.43 bits per heavy atom. The monoisotopic (exact) mass is 299 g/mol. The van der Waals surface area contributed by atoms with Crippen molar-refractivity contribution in [1.29, 1.82) is 0 Å². The van der Waals surface area contributed by atoms with Crippen LogP contribution in [0.2, 0.25) is 5.02 Å². The van der Waals surface area contributed by atoms with Gasteiger partial charge in [0.05, 0.1) is 11.1 Å². The van der Waals surface area contributed by atoms with Crippen LogP contribution in [0.5, 0.6) is 0 Å². The van der Waals surface area contributed by atoms with Gasteiger partial charge in [0.25, 0.3) is 0 Å². The lowest BCUT2D eigenvalue weighted by Gasteiger charge is -2.10. The fraction of sp³-hybridized carbons (Fsp3) is 0.176. The Hall–Kier alpha value is -2.13. The quantitative estimate of drug-likeness (QED) is 0.697. The topological polar surface area (TPSA) is 46.2 Å². The number of benzene rings is 2. The van der Waals surface area contributed by atoms with E-state index in [4.69, 9.17) is 11.6 Å². The second kappa shape index (κ2) is 5.70. The zero-order chi connectivity index (χ0) is 14.8. The summed E-state index contributed by atoms with van der Waals surface area (Å²) in [5.74, 6) is -1.11. The van der Waals surface area contributed by atoms with Gasteiger partial charge in [0, 0.05) is 5.56 Å². The van der Waals surface area contributed by atoms with E-state index < -0.39 is 5.92 Å². The molecule has 0 aliphatic carbocycles. The lowest BCUT2D eigenvalue weighted by Crippen LogP contribution is -2.26. The molecule has 1 heterocycles. The van der Waals surface area contributed by atoms with Crippen LogP contribution in [-0.2, 0) is 4.79 Å². The first kappa shape index (κ1) is 13.8. The molecule has 3 rings (SSSR count). The van der Waals surface area contributed by atoms with Crippen molar-refractivity contribution in [2.24, 2.45) is 5.92 Å². The van der Waals surface area contributed by atoms with Crippen LogP contribution in [0.15, 0.2) is 54.6 Å². The molecule has 0 spiro atoms. The van der Waals surface area contributed by atoms with Crippen LogP contribution in [0.1, 0.15) is 28.4 Å². The minimum atomic E-state index is -0.671. The van der Waals surface area contributed by atoms with E-state index in [1.54, 1.807) is 24.3 Å². The van der Waals surface area contributed by atoms with Gasteiger partial charge in [-0.05, 0) is 24.1 Å². The van der Waals surface area contributed by atoms with Crippen LogP contribution in [0.25, 0.3) is 0 Å². The summed E-state index contributed by atoms with van der Waals surface area (Å²) in [5, 5.41) is 3.27. The van der Waals surface area contributed by atoms with Crippen molar-refractivity contribution < 1.29 is 9.59 Å². The summed E-state index contributed by atoms with van der Waals surface area (Å²) in [6, 6.07) is 16.4. The van der Waals surface area contributed by atoms with Gasteiger partial charge in [0.2, 0.25) is 5.91 Å². The largest absolute Gasteiger partial charge is 0.349 e. The summed E-state index contributed by atoms with van der Waals surface area (Å²) in [7, 11) is 0. The Bertz CT molecular complexity index is 684. The molecule has 0 bridgehead atoms. The van der Waals surface area contributed by atoms with Crippen LogP contribution >= 0.6 is 11.6 Å². The average Bonchev–Trinajstić information content (AvgIpc) is 2.90. The van der Waals surface area contributed by atoms with E-state index >= 15 is 0 Å². The number of amides is 1. The highest BCUT2D eigenvalue weighted by Crippen LogP contribution is 2.31. The predicted molar refractivity (Wildman–Crippen MR) is 81.2 cm³/mol. The van der Waals surface area contributed by atoms with E-state index in [-0.39, 0.29) is 17.7 Å². The van der Waals surface area contributed by atoms with E-state index in [0.717, 1.165) is 5.56 Å². The van der Waals surface area contributed by atoms with Gasteiger partial charge < -0.3 is 5.32 Å². The van der Waals surface area contributed by atoms with Crippen LogP contribution in [-0.4, -0.2) is 11.7 Å². The highest BCUT2D eigenvalue weighted by atomic mass is 35.5. The van der Waals surface area contributed by atoms with Gasteiger partial charge in [-0.3, -0.25) is 9.59 Å². The SMILES string of the molecule is O=C1NC(c2ccccc2)CC1C(=O)c1ccccc1Cl. The lowest BCUT2D eigenvalue weighted by atomic mass is 9.92. The van der Waals surface area contributed by atoms with E-state index in [1.807, 2.05) is 30.3 Å². The number of hydrogen-bond acceptors (Lipinski definition) is 2. The van der Waals surface area contributed by atoms with Gasteiger partial charge >= 0.3 is 0 Å². The number of nitrogens with one attached hydrogen (secondary N) is 1. The minimum Gasteiger partial charge on any atom is -0.349 e. The summed E-state index contributed by atoms with van der Waals surface area (Å²) in [6.45, 7) is 0. The Morgan fingerprint density at radius 2 is 1.71 bits per heavy atom. The fourth-order valence-corrected chi connectivity index (χ4v) is 2.88. The third-order valence-corrected chi connectivity index (χ3v) is 4.09. The van der Waals surface area contributed by atoms with Gasteiger partial charge in [-0.2, -0.15) is 0 Å². The molecule has 1 amide bonds. The molecule has 2 aromatic carbocycles. The Labute approximate surface area is 127 Å². The van der Waals surface area contributed by atoms with Crippen molar-refractivity contribution >= 4 is 23.3 Å². The van der Waals surface area contributed by atoms with Crippen molar-refractivity contribution in [3.05, 3.63) is 70.7 Å². The Balaban J connectivity index is 1.83. The normalized spacial score (nSPS) is 21.1. The van der Waals surface area contributed by atoms with Gasteiger partial charge in [0.1, 0.15) is 5.92 Å². The molecule has 1 fully saturated rings. The summed E-state index contributed by atoms with van der Waals surface area (Å²) in [4.78, 5) is 24.6. The predicted octanol–water partition coefficient (Wildman–Crippen LogP) is 3.40. The van der Waals surface area contributed by atoms with Crippen LogP contribution in [0.3, 0.4) is 0 Å². The first-order chi connectivity index (χ1) is 10.2. The molecule has 1 N–H and O–H groups in total. The van der Waals surface area contributed by atoms with E-state index in [9.17, 15) is 9.59 Å². The molecule has 3 nitrogen and oxygen atoms in total. The number of Topliss-reactive ketones (excluding diaryl/α,β-unsaturated/α-hetero) is 1. The number of hydrogen-bond donors (Lipinski definition) is 1. The second-order valence-corrected chi connectivity index (χ2v) is 5.51. The van der Waals surface area contributed by atoms with E-state index in [2.05, 4.69) is 5.32 Å². The van der Waals surface area contributed by atoms with Crippen molar-refractivity contribution in [2.45, 2.75) is 12.5 Å². The van der Waals surface area contributed by atoms with Crippen LogP contribution in [0.4, 0.5) is 0 Å². The maximum Gasteiger partial charge on any atom is 0.231 e. The van der Waals surface area contributed by atoms with Gasteiger partial charge in [-0.15, -0.1) is 0 Å². The first-order valence-corrected chi connectivity index (χ1v) is 7.18. The first-order valence-electron chi connectivity index (χ1n) is 6.81. The number of carbonyl (C=O) groups is 2. The molecule has 1 aliphatic heterocycles. The van der Waals surface area contributed by atoms with E-state index in [0.29, 0.717) is 17.0 Å². The van der Waals surface area contributed by atoms with Crippen molar-refractivity contribution in [3.8, 4) is 0 Å². The fourth-order valence-electron chi connectivity index (χ4n) is 2.65. The third-order valence-electron chi connectivity index (χ3n) is 3.76. The van der Waals surface area contributed by atoms with Crippen LogP contribution in [0, 0.1) is 5.92 Å². The zero-order valence-electron chi connectivity index (χ0n) is 11.3. The maximum absolute atomic E-state index is 12.5. The molecular weight excluding hydrogens is 286 g/mol. The summed E-state index contributed by atoms with van der Waals surface area (Å²) in [5.41, 5.74) is 1.42. The maximum atomic E-state index is 12.5. The van der Waals surface area contributed by atoms with Crippen molar-refractivity contribution in [1.82, 2.24) is 5.32 Å². The number of carbonyl (C=O) groups excluding carboxylic acids is 2. The third kappa shape index (κ3) is 2.69.